The van der Waals surface area contributed by atoms with Crippen molar-refractivity contribution in [1.82, 2.24) is 0 Å². The first-order valence-corrected chi connectivity index (χ1v) is 5.62. The first-order chi connectivity index (χ1) is 7.75. The quantitative estimate of drug-likeness (QED) is 0.829. The summed E-state index contributed by atoms with van der Waals surface area (Å²) in [5.41, 5.74) is 1.85. The van der Waals surface area contributed by atoms with Crippen molar-refractivity contribution < 1.29 is 5.11 Å². The number of halogens is 1. The molecule has 0 aliphatic carbocycles. The predicted octanol–water partition coefficient (Wildman–Crippen LogP) is 3.91. The molecule has 80 valence electrons. The Morgan fingerprint density at radius 2 is 1.81 bits per heavy atom. The lowest BCUT2D eigenvalue weighted by Gasteiger charge is -1.98. The van der Waals surface area contributed by atoms with Gasteiger partial charge >= 0.3 is 0 Å². The number of aromatic hydroxyl groups is 1. The Hall–Kier alpha value is -1.61. The topological polar surface area (TPSA) is 32.6 Å². The molecular formula is C13H10BrNO. The number of para-hydroxylation sites is 1. The number of hydrogen-bond donors (Lipinski definition) is 1. The zero-order chi connectivity index (χ0) is 11.4. The number of phenolic OH excluding ortho intramolecular Hbond substituents is 1. The Morgan fingerprint density at radius 1 is 1.06 bits per heavy atom. The van der Waals surface area contributed by atoms with E-state index < -0.39 is 0 Å². The van der Waals surface area contributed by atoms with Crippen LogP contribution in [0.25, 0.3) is 0 Å². The second kappa shape index (κ2) is 4.94. The summed E-state index contributed by atoms with van der Waals surface area (Å²) in [4.78, 5) is 4.32. The van der Waals surface area contributed by atoms with E-state index in [4.69, 9.17) is 0 Å². The van der Waals surface area contributed by atoms with E-state index in [2.05, 4.69) is 20.9 Å². The van der Waals surface area contributed by atoms with Gasteiger partial charge in [-0.25, -0.2) is 0 Å². The summed E-state index contributed by atoms with van der Waals surface area (Å²) < 4.78 is 0.671. The van der Waals surface area contributed by atoms with Gasteiger partial charge in [-0.2, -0.15) is 0 Å². The summed E-state index contributed by atoms with van der Waals surface area (Å²) in [7, 11) is 0. The first-order valence-electron chi connectivity index (χ1n) is 4.83. The van der Waals surface area contributed by atoms with E-state index in [0.29, 0.717) is 4.47 Å². The molecule has 0 amide bonds. The average molecular weight is 276 g/mol. The number of hydrogen-bond acceptors (Lipinski definition) is 2. The monoisotopic (exact) mass is 275 g/mol. The molecule has 0 saturated heterocycles. The summed E-state index contributed by atoms with van der Waals surface area (Å²) in [6, 6.07) is 15.0. The van der Waals surface area contributed by atoms with Crippen LogP contribution >= 0.6 is 15.9 Å². The van der Waals surface area contributed by atoms with Crippen molar-refractivity contribution in [2.24, 2.45) is 4.99 Å². The minimum absolute atomic E-state index is 0.233. The lowest BCUT2D eigenvalue weighted by atomic mass is 10.2. The van der Waals surface area contributed by atoms with Crippen molar-refractivity contribution in [3.63, 3.8) is 0 Å². The summed E-state index contributed by atoms with van der Waals surface area (Å²) in [6.07, 6.45) is 1.76. The molecule has 0 aromatic heterocycles. The highest BCUT2D eigenvalue weighted by molar-refractivity contribution is 9.10. The van der Waals surface area contributed by atoms with Gasteiger partial charge in [-0.1, -0.05) is 18.2 Å². The number of rotatable bonds is 2. The number of nitrogens with zero attached hydrogens (tertiary/aromatic N) is 1. The maximum atomic E-state index is 9.34. The second-order valence-electron chi connectivity index (χ2n) is 3.30. The third-order valence-electron chi connectivity index (χ3n) is 2.09. The van der Waals surface area contributed by atoms with Crippen LogP contribution in [0, 0.1) is 0 Å². The standard InChI is InChI=1S/C13H10BrNO/c14-12-8-10(6-7-13(12)16)9-15-11-4-2-1-3-5-11/h1-9,16H. The van der Waals surface area contributed by atoms with Crippen molar-refractivity contribution in [1.29, 1.82) is 0 Å². The van der Waals surface area contributed by atoms with E-state index in [9.17, 15) is 5.11 Å². The van der Waals surface area contributed by atoms with Crippen LogP contribution in [0.5, 0.6) is 5.75 Å². The zero-order valence-corrected chi connectivity index (χ0v) is 10.1. The lowest BCUT2D eigenvalue weighted by molar-refractivity contribution is 0.472. The normalized spacial score (nSPS) is 10.8. The molecule has 2 aromatic carbocycles. The summed E-state index contributed by atoms with van der Waals surface area (Å²) in [5, 5.41) is 9.34. The third kappa shape index (κ3) is 2.70. The molecule has 1 N–H and O–H groups in total. The van der Waals surface area contributed by atoms with E-state index >= 15 is 0 Å². The maximum absolute atomic E-state index is 9.34. The van der Waals surface area contributed by atoms with Crippen LogP contribution in [0.4, 0.5) is 5.69 Å². The highest BCUT2D eigenvalue weighted by Gasteiger charge is 1.96. The highest BCUT2D eigenvalue weighted by Crippen LogP contribution is 2.23. The number of phenols is 1. The average Bonchev–Trinajstić information content (AvgIpc) is 2.32. The van der Waals surface area contributed by atoms with Crippen LogP contribution in [0.15, 0.2) is 58.0 Å². The molecule has 0 aliphatic rings. The van der Waals surface area contributed by atoms with Crippen LogP contribution in [-0.2, 0) is 0 Å². The fourth-order valence-corrected chi connectivity index (χ4v) is 1.66. The van der Waals surface area contributed by atoms with Gasteiger partial charge in [0.15, 0.2) is 0 Å². The number of benzene rings is 2. The predicted molar refractivity (Wildman–Crippen MR) is 69.5 cm³/mol. The van der Waals surface area contributed by atoms with Gasteiger partial charge in [-0.3, -0.25) is 4.99 Å². The molecule has 0 radical (unpaired) electrons. The van der Waals surface area contributed by atoms with Crippen molar-refractivity contribution in [3.8, 4) is 5.75 Å². The summed E-state index contributed by atoms with van der Waals surface area (Å²) >= 11 is 3.26. The van der Waals surface area contributed by atoms with E-state index in [1.807, 2.05) is 42.5 Å². The van der Waals surface area contributed by atoms with Crippen molar-refractivity contribution in [2.75, 3.05) is 0 Å². The van der Waals surface area contributed by atoms with E-state index in [-0.39, 0.29) is 5.75 Å². The van der Waals surface area contributed by atoms with Gasteiger partial charge in [0.1, 0.15) is 5.75 Å². The van der Waals surface area contributed by atoms with Crippen molar-refractivity contribution in [2.45, 2.75) is 0 Å². The minimum Gasteiger partial charge on any atom is -0.507 e. The van der Waals surface area contributed by atoms with Crippen molar-refractivity contribution >= 4 is 27.8 Å². The van der Waals surface area contributed by atoms with Gasteiger partial charge in [0, 0.05) is 6.21 Å². The Bertz CT molecular complexity index is 509. The van der Waals surface area contributed by atoms with E-state index in [0.717, 1.165) is 11.3 Å². The Labute approximate surface area is 102 Å². The van der Waals surface area contributed by atoms with E-state index in [1.165, 1.54) is 0 Å². The third-order valence-corrected chi connectivity index (χ3v) is 2.73. The fraction of sp³-hybridized carbons (Fsp3) is 0. The molecule has 0 fully saturated rings. The molecule has 0 unspecified atom stereocenters. The van der Waals surface area contributed by atoms with Gasteiger partial charge < -0.3 is 5.11 Å². The smallest absolute Gasteiger partial charge is 0.129 e. The van der Waals surface area contributed by atoms with Crippen LogP contribution < -0.4 is 0 Å². The summed E-state index contributed by atoms with van der Waals surface area (Å²) in [5.74, 6) is 0.233. The Kier molecular flexibility index (Phi) is 3.37. The second-order valence-corrected chi connectivity index (χ2v) is 4.16. The zero-order valence-electron chi connectivity index (χ0n) is 8.47. The molecule has 0 bridgehead atoms. The molecular weight excluding hydrogens is 266 g/mol. The van der Waals surface area contributed by atoms with E-state index in [1.54, 1.807) is 12.3 Å². The van der Waals surface area contributed by atoms with Crippen LogP contribution in [0.3, 0.4) is 0 Å². The largest absolute Gasteiger partial charge is 0.507 e. The van der Waals surface area contributed by atoms with Gasteiger partial charge in [0.25, 0.3) is 0 Å². The molecule has 2 nitrogen and oxygen atoms in total. The Balaban J connectivity index is 2.21. The first kappa shape index (κ1) is 10.9. The molecule has 0 spiro atoms. The molecule has 16 heavy (non-hydrogen) atoms. The fourth-order valence-electron chi connectivity index (χ4n) is 1.27. The summed E-state index contributed by atoms with van der Waals surface area (Å²) in [6.45, 7) is 0. The van der Waals surface area contributed by atoms with Crippen LogP contribution in [-0.4, -0.2) is 11.3 Å². The highest BCUT2D eigenvalue weighted by atomic mass is 79.9. The minimum atomic E-state index is 0.233. The molecule has 0 saturated carbocycles. The molecule has 3 heteroatoms. The van der Waals surface area contributed by atoms with Crippen LogP contribution in [0.2, 0.25) is 0 Å². The van der Waals surface area contributed by atoms with Crippen LogP contribution in [0.1, 0.15) is 5.56 Å². The van der Waals surface area contributed by atoms with Gasteiger partial charge in [-0.05, 0) is 51.8 Å². The van der Waals surface area contributed by atoms with Gasteiger partial charge in [0.2, 0.25) is 0 Å². The molecule has 2 rings (SSSR count). The van der Waals surface area contributed by atoms with Gasteiger partial charge in [-0.15, -0.1) is 0 Å². The molecule has 0 heterocycles. The lowest BCUT2D eigenvalue weighted by Crippen LogP contribution is -1.80. The SMILES string of the molecule is Oc1ccc(C=Nc2ccccc2)cc1Br. The van der Waals surface area contributed by atoms with Gasteiger partial charge in [0.05, 0.1) is 10.2 Å². The molecule has 2 aromatic rings. The maximum Gasteiger partial charge on any atom is 0.129 e. The molecule has 0 atom stereocenters. The van der Waals surface area contributed by atoms with Crippen molar-refractivity contribution in [3.05, 3.63) is 58.6 Å². The Morgan fingerprint density at radius 3 is 2.50 bits per heavy atom. The number of aliphatic imine (C=N–C) groups is 1. The molecule has 0 aliphatic heterocycles.